The van der Waals surface area contributed by atoms with Gasteiger partial charge in [-0.05, 0) is 39.0 Å². The first-order chi connectivity index (χ1) is 18.1. The van der Waals surface area contributed by atoms with Crippen LogP contribution in [0.15, 0.2) is 35.5 Å². The number of amides is 2. The Kier molecular flexibility index (Phi) is 8.90. The van der Waals surface area contributed by atoms with Gasteiger partial charge in [-0.1, -0.05) is 0 Å². The third-order valence-electron chi connectivity index (χ3n) is 5.30. The number of hydrogen-bond acceptors (Lipinski definition) is 9. The van der Waals surface area contributed by atoms with E-state index >= 15 is 0 Å². The van der Waals surface area contributed by atoms with Gasteiger partial charge in [-0.2, -0.15) is 21.6 Å². The summed E-state index contributed by atoms with van der Waals surface area (Å²) in [6, 6.07) is 2.88. The summed E-state index contributed by atoms with van der Waals surface area (Å²) in [5.74, 6) is -3.91. The maximum Gasteiger partial charge on any atom is 0.421 e. The lowest BCUT2D eigenvalue weighted by Gasteiger charge is -2.27. The molecule has 3 rings (SSSR count). The van der Waals surface area contributed by atoms with Gasteiger partial charge in [0, 0.05) is 30.9 Å². The molecule has 2 N–H and O–H groups in total. The van der Waals surface area contributed by atoms with Crippen molar-refractivity contribution in [3.63, 3.8) is 0 Å². The van der Waals surface area contributed by atoms with Crippen molar-refractivity contribution in [1.82, 2.24) is 9.71 Å². The van der Waals surface area contributed by atoms with Crippen molar-refractivity contribution in [3.05, 3.63) is 42.1 Å². The standard InChI is InChI=1S/C23H26F4N4O7S/c1-23(2,3)38-22(33)30-39(34,35)17-9-12(7-8-28-17)29-20(32)16-10-13(37-21(26)27)11-31(16)15-6-5-14(24)18(25)19(15)36-4/h5-9,13,16,21H,10-11H2,1-4H3,(H,30,33)(H,28,29,32)/t13-,16?/m1/s1. The first-order valence-electron chi connectivity index (χ1n) is 11.4. The highest BCUT2D eigenvalue weighted by atomic mass is 32.2. The van der Waals surface area contributed by atoms with E-state index in [0.717, 1.165) is 31.5 Å². The zero-order valence-corrected chi connectivity index (χ0v) is 22.0. The van der Waals surface area contributed by atoms with Gasteiger partial charge in [-0.3, -0.25) is 4.79 Å². The molecule has 1 aliphatic rings. The largest absolute Gasteiger partial charge is 0.491 e. The van der Waals surface area contributed by atoms with Gasteiger partial charge in [0.1, 0.15) is 11.6 Å². The van der Waals surface area contributed by atoms with Gasteiger partial charge in [0.05, 0.1) is 18.9 Å². The summed E-state index contributed by atoms with van der Waals surface area (Å²) < 4.78 is 95.2. The smallest absolute Gasteiger partial charge is 0.421 e. The number of hydrogen-bond donors (Lipinski definition) is 2. The maximum absolute atomic E-state index is 14.4. The number of anilines is 2. The van der Waals surface area contributed by atoms with Crippen LogP contribution in [0.2, 0.25) is 0 Å². The lowest BCUT2D eigenvalue weighted by atomic mass is 10.1. The lowest BCUT2D eigenvalue weighted by Crippen LogP contribution is -2.40. The number of carbonyl (C=O) groups is 2. The van der Waals surface area contributed by atoms with Crippen molar-refractivity contribution in [1.29, 1.82) is 0 Å². The molecule has 0 radical (unpaired) electrons. The number of halogens is 4. The molecular formula is C23H26F4N4O7S. The van der Waals surface area contributed by atoms with Crippen molar-refractivity contribution < 1.29 is 49.8 Å². The Balaban J connectivity index is 1.86. The van der Waals surface area contributed by atoms with Crippen molar-refractivity contribution >= 4 is 33.4 Å². The van der Waals surface area contributed by atoms with E-state index in [4.69, 9.17) is 9.47 Å². The predicted octanol–water partition coefficient (Wildman–Crippen LogP) is 3.41. The van der Waals surface area contributed by atoms with E-state index in [1.165, 1.54) is 31.7 Å². The van der Waals surface area contributed by atoms with E-state index in [1.54, 1.807) is 4.72 Å². The Bertz CT molecular complexity index is 1340. The second-order valence-electron chi connectivity index (χ2n) is 9.32. The van der Waals surface area contributed by atoms with Crippen LogP contribution in [0.25, 0.3) is 0 Å². The molecule has 39 heavy (non-hydrogen) atoms. The number of ether oxygens (including phenoxy) is 3. The number of carbonyl (C=O) groups excluding carboxylic acids is 2. The molecule has 0 saturated carbocycles. The monoisotopic (exact) mass is 578 g/mol. The zero-order valence-electron chi connectivity index (χ0n) is 21.2. The van der Waals surface area contributed by atoms with Gasteiger partial charge >= 0.3 is 12.7 Å². The van der Waals surface area contributed by atoms with Crippen molar-refractivity contribution in [2.45, 2.75) is 56.6 Å². The maximum atomic E-state index is 14.4. The molecule has 2 amide bonds. The molecule has 16 heteroatoms. The van der Waals surface area contributed by atoms with Gasteiger partial charge in [-0.25, -0.2) is 18.9 Å². The summed E-state index contributed by atoms with van der Waals surface area (Å²) in [6.07, 6.45) is -1.63. The Hall–Kier alpha value is -3.66. The molecule has 1 aromatic heterocycles. The Morgan fingerprint density at radius 3 is 2.49 bits per heavy atom. The number of aromatic nitrogens is 1. The van der Waals surface area contributed by atoms with E-state index in [1.807, 2.05) is 0 Å². The first-order valence-corrected chi connectivity index (χ1v) is 12.8. The molecule has 1 saturated heterocycles. The minimum Gasteiger partial charge on any atom is -0.491 e. The van der Waals surface area contributed by atoms with Crippen molar-refractivity contribution in [3.8, 4) is 5.75 Å². The number of pyridine rings is 1. The predicted molar refractivity (Wildman–Crippen MR) is 129 cm³/mol. The highest BCUT2D eigenvalue weighted by Crippen LogP contribution is 2.38. The molecule has 11 nitrogen and oxygen atoms in total. The van der Waals surface area contributed by atoms with Gasteiger partial charge in [0.2, 0.25) is 11.7 Å². The quantitative estimate of drug-likeness (QED) is 0.452. The Morgan fingerprint density at radius 1 is 1.18 bits per heavy atom. The highest BCUT2D eigenvalue weighted by molar-refractivity contribution is 7.90. The highest BCUT2D eigenvalue weighted by Gasteiger charge is 2.40. The van der Waals surface area contributed by atoms with E-state index < -0.39 is 68.8 Å². The number of benzene rings is 1. The molecular weight excluding hydrogens is 552 g/mol. The minimum atomic E-state index is -4.50. The number of nitrogens with one attached hydrogen (secondary N) is 2. The Morgan fingerprint density at radius 2 is 1.87 bits per heavy atom. The molecule has 2 atom stereocenters. The van der Waals surface area contributed by atoms with Crippen LogP contribution in [-0.2, 0) is 24.3 Å². The van der Waals surface area contributed by atoms with Crippen LogP contribution in [-0.4, -0.2) is 63.4 Å². The average molecular weight is 579 g/mol. The minimum absolute atomic E-state index is 0.0741. The molecule has 1 fully saturated rings. The van der Waals surface area contributed by atoms with Crippen LogP contribution in [0.3, 0.4) is 0 Å². The summed E-state index contributed by atoms with van der Waals surface area (Å²) in [4.78, 5) is 30.0. The summed E-state index contributed by atoms with van der Waals surface area (Å²) in [7, 11) is -3.42. The third kappa shape index (κ3) is 7.47. The topological polar surface area (TPSA) is 136 Å². The fraction of sp³-hybridized carbons (Fsp3) is 0.435. The van der Waals surface area contributed by atoms with Crippen molar-refractivity contribution in [2.24, 2.45) is 0 Å². The van der Waals surface area contributed by atoms with E-state index in [2.05, 4.69) is 15.0 Å². The van der Waals surface area contributed by atoms with Crippen LogP contribution >= 0.6 is 0 Å². The fourth-order valence-corrected chi connectivity index (χ4v) is 4.67. The second kappa shape index (κ2) is 11.6. The van der Waals surface area contributed by atoms with Crippen LogP contribution < -0.4 is 19.7 Å². The van der Waals surface area contributed by atoms with Gasteiger partial charge in [-0.15, -0.1) is 0 Å². The Labute approximate surface area is 221 Å². The molecule has 1 unspecified atom stereocenters. The van der Waals surface area contributed by atoms with E-state index in [9.17, 15) is 35.6 Å². The normalized spacial score (nSPS) is 17.7. The molecule has 0 spiro atoms. The average Bonchev–Trinajstić information content (AvgIpc) is 3.22. The molecule has 2 aromatic rings. The summed E-state index contributed by atoms with van der Waals surface area (Å²) in [5.41, 5.74) is -1.13. The van der Waals surface area contributed by atoms with E-state index in [-0.39, 0.29) is 24.3 Å². The number of methoxy groups -OCH3 is 1. The van der Waals surface area contributed by atoms with E-state index in [0.29, 0.717) is 0 Å². The summed E-state index contributed by atoms with van der Waals surface area (Å²) in [5, 5.41) is 1.82. The van der Waals surface area contributed by atoms with Crippen molar-refractivity contribution in [2.75, 3.05) is 23.9 Å². The third-order valence-corrected chi connectivity index (χ3v) is 6.51. The van der Waals surface area contributed by atoms with Gasteiger partial charge in [0.25, 0.3) is 10.0 Å². The van der Waals surface area contributed by atoms with Crippen LogP contribution in [0, 0.1) is 11.6 Å². The summed E-state index contributed by atoms with van der Waals surface area (Å²) in [6.45, 7) is 1.15. The molecule has 0 bridgehead atoms. The molecule has 2 heterocycles. The summed E-state index contributed by atoms with van der Waals surface area (Å²) >= 11 is 0. The van der Waals surface area contributed by atoms with Crippen LogP contribution in [0.5, 0.6) is 5.75 Å². The molecule has 1 aromatic carbocycles. The number of nitrogens with zero attached hydrogens (tertiary/aromatic N) is 2. The SMILES string of the molecule is COc1c(N2C[C@H](OC(F)F)CC2C(=O)Nc2ccnc(S(=O)(=O)NC(=O)OC(C)(C)C)c2)ccc(F)c1F. The van der Waals surface area contributed by atoms with Gasteiger partial charge < -0.3 is 24.4 Å². The number of rotatable bonds is 8. The second-order valence-corrected chi connectivity index (χ2v) is 10.9. The molecule has 0 aliphatic carbocycles. The molecule has 1 aliphatic heterocycles. The zero-order chi connectivity index (χ0) is 29.1. The first kappa shape index (κ1) is 29.9. The van der Waals surface area contributed by atoms with Gasteiger partial charge in [0.15, 0.2) is 16.6 Å². The number of alkyl halides is 2. The number of sulfonamides is 1. The van der Waals surface area contributed by atoms with Crippen LogP contribution in [0.4, 0.5) is 33.7 Å². The lowest BCUT2D eigenvalue weighted by molar-refractivity contribution is -0.157. The van der Waals surface area contributed by atoms with Crippen LogP contribution in [0.1, 0.15) is 27.2 Å². The molecule has 214 valence electrons. The fourth-order valence-electron chi connectivity index (χ4n) is 3.82.